The van der Waals surface area contributed by atoms with Crippen LogP contribution in [0.3, 0.4) is 0 Å². The van der Waals surface area contributed by atoms with Gasteiger partial charge in [-0.2, -0.15) is 5.10 Å². The molecule has 0 aliphatic carbocycles. The largest absolute Gasteiger partial charge is 0.300 e. The molecule has 4 nitrogen and oxygen atoms in total. The molecule has 1 aliphatic rings. The Hall–Kier alpha value is -2.01. The zero-order chi connectivity index (χ0) is 14.2. The van der Waals surface area contributed by atoms with Crippen LogP contribution in [0, 0.1) is 0 Å². The number of carbonyl (C=O) groups excluding carboxylic acids is 1. The minimum atomic E-state index is -0.787. The van der Waals surface area contributed by atoms with E-state index in [4.69, 9.17) is 0 Å². The highest BCUT2D eigenvalue weighted by Gasteiger charge is 2.33. The van der Waals surface area contributed by atoms with Gasteiger partial charge in [0.15, 0.2) is 6.29 Å². The van der Waals surface area contributed by atoms with E-state index in [1.54, 1.807) is 6.20 Å². The van der Waals surface area contributed by atoms with Crippen molar-refractivity contribution in [2.75, 3.05) is 0 Å². The number of nitrogens with zero attached hydrogens (tertiary/aromatic N) is 2. The minimum Gasteiger partial charge on any atom is -0.300 e. The Bertz CT molecular complexity index is 714. The van der Waals surface area contributed by atoms with Crippen molar-refractivity contribution in [2.45, 2.75) is 12.5 Å². The summed E-state index contributed by atoms with van der Waals surface area (Å²) in [5.74, 6) is 0. The van der Waals surface area contributed by atoms with Crippen molar-refractivity contribution in [3.05, 3.63) is 63.9 Å². The van der Waals surface area contributed by atoms with Crippen LogP contribution in [0.4, 0.5) is 0 Å². The summed E-state index contributed by atoms with van der Waals surface area (Å²) >= 11 is 3.36. The molecule has 0 fully saturated rings. The molecule has 1 atom stereocenters. The number of halogens is 1. The molecule has 100 valence electrons. The van der Waals surface area contributed by atoms with Crippen molar-refractivity contribution in [1.82, 2.24) is 10.4 Å². The third-order valence-electron chi connectivity index (χ3n) is 3.38. The van der Waals surface area contributed by atoms with Crippen molar-refractivity contribution in [3.8, 4) is 0 Å². The lowest BCUT2D eigenvalue weighted by atomic mass is 9.85. The molecule has 2 aromatic rings. The van der Waals surface area contributed by atoms with Gasteiger partial charge in [-0.25, -0.2) is 4.98 Å². The van der Waals surface area contributed by atoms with Gasteiger partial charge in [-0.05, 0) is 40.5 Å². The third kappa shape index (κ3) is 2.04. The second-order valence-corrected chi connectivity index (χ2v) is 5.62. The van der Waals surface area contributed by atoms with Gasteiger partial charge in [0.25, 0.3) is 0 Å². The second kappa shape index (κ2) is 4.83. The molecule has 0 saturated heterocycles. The maximum absolute atomic E-state index is 11.4. The molecule has 1 aliphatic heterocycles. The summed E-state index contributed by atoms with van der Waals surface area (Å²) in [5.41, 5.74) is 5.80. The fraction of sp³-hybridized carbons (Fsp3) is 0.133. The minimum absolute atomic E-state index is 0.749. The SMILES string of the molecule is CC1(C=O)NN=C(c2ccnc(Br)c2)c2ccccc21. The van der Waals surface area contributed by atoms with Crippen LogP contribution in [0.2, 0.25) is 0 Å². The van der Waals surface area contributed by atoms with Gasteiger partial charge in [-0.1, -0.05) is 24.3 Å². The molecule has 0 amide bonds. The molecule has 0 radical (unpaired) electrons. The summed E-state index contributed by atoms with van der Waals surface area (Å²) in [5, 5.41) is 4.39. The molecule has 5 heteroatoms. The first-order valence-corrected chi connectivity index (χ1v) is 6.96. The molecule has 0 bridgehead atoms. The van der Waals surface area contributed by atoms with E-state index in [0.717, 1.165) is 33.3 Å². The van der Waals surface area contributed by atoms with Crippen LogP contribution in [-0.2, 0) is 10.3 Å². The lowest BCUT2D eigenvalue weighted by Gasteiger charge is -2.31. The highest BCUT2D eigenvalue weighted by Crippen LogP contribution is 2.29. The number of benzene rings is 1. The number of hydrogen-bond acceptors (Lipinski definition) is 4. The van der Waals surface area contributed by atoms with Crippen LogP contribution in [-0.4, -0.2) is 17.0 Å². The number of rotatable bonds is 2. The van der Waals surface area contributed by atoms with Crippen LogP contribution >= 0.6 is 15.9 Å². The number of aromatic nitrogens is 1. The molecular weight excluding hydrogens is 318 g/mol. The molecule has 0 spiro atoms. The van der Waals surface area contributed by atoms with E-state index in [1.807, 2.05) is 43.3 Å². The van der Waals surface area contributed by atoms with E-state index in [0.29, 0.717) is 0 Å². The van der Waals surface area contributed by atoms with Gasteiger partial charge >= 0.3 is 0 Å². The Morgan fingerprint density at radius 1 is 1.30 bits per heavy atom. The van der Waals surface area contributed by atoms with Gasteiger partial charge in [-0.15, -0.1) is 0 Å². The van der Waals surface area contributed by atoms with Crippen LogP contribution < -0.4 is 5.43 Å². The fourth-order valence-electron chi connectivity index (χ4n) is 2.29. The molecule has 2 heterocycles. The summed E-state index contributed by atoms with van der Waals surface area (Å²) in [7, 11) is 0. The fourth-order valence-corrected chi connectivity index (χ4v) is 2.66. The summed E-state index contributed by atoms with van der Waals surface area (Å²) in [6.45, 7) is 1.82. The van der Waals surface area contributed by atoms with Crippen LogP contribution in [0.15, 0.2) is 52.3 Å². The Morgan fingerprint density at radius 3 is 2.85 bits per heavy atom. The maximum atomic E-state index is 11.4. The van der Waals surface area contributed by atoms with E-state index in [2.05, 4.69) is 31.4 Å². The smallest absolute Gasteiger partial charge is 0.151 e. The zero-order valence-corrected chi connectivity index (χ0v) is 12.4. The van der Waals surface area contributed by atoms with Crippen LogP contribution in [0.25, 0.3) is 0 Å². The molecule has 3 rings (SSSR count). The zero-order valence-electron chi connectivity index (χ0n) is 10.8. The van der Waals surface area contributed by atoms with E-state index in [-0.39, 0.29) is 0 Å². The monoisotopic (exact) mass is 329 g/mol. The summed E-state index contributed by atoms with van der Waals surface area (Å²) in [6.07, 6.45) is 2.60. The number of hydrogen-bond donors (Lipinski definition) is 1. The van der Waals surface area contributed by atoms with E-state index in [9.17, 15) is 4.79 Å². The molecule has 1 N–H and O–H groups in total. The van der Waals surface area contributed by atoms with Crippen molar-refractivity contribution < 1.29 is 4.79 Å². The molecule has 1 aromatic heterocycles. The van der Waals surface area contributed by atoms with Crippen molar-refractivity contribution in [1.29, 1.82) is 0 Å². The Morgan fingerprint density at radius 2 is 2.10 bits per heavy atom. The summed E-state index contributed by atoms with van der Waals surface area (Å²) in [4.78, 5) is 15.5. The van der Waals surface area contributed by atoms with E-state index >= 15 is 0 Å². The van der Waals surface area contributed by atoms with Crippen LogP contribution in [0.5, 0.6) is 0 Å². The quantitative estimate of drug-likeness (QED) is 0.680. The number of pyridine rings is 1. The first kappa shape index (κ1) is 13.0. The van der Waals surface area contributed by atoms with Gasteiger partial charge in [0, 0.05) is 17.3 Å². The normalized spacial score (nSPS) is 20.6. The topological polar surface area (TPSA) is 54.4 Å². The number of fused-ring (bicyclic) bond motifs is 1. The highest BCUT2D eigenvalue weighted by atomic mass is 79.9. The van der Waals surface area contributed by atoms with Gasteiger partial charge < -0.3 is 4.79 Å². The van der Waals surface area contributed by atoms with Crippen molar-refractivity contribution in [3.63, 3.8) is 0 Å². The van der Waals surface area contributed by atoms with E-state index in [1.165, 1.54) is 0 Å². The average molecular weight is 330 g/mol. The first-order chi connectivity index (χ1) is 9.64. The summed E-state index contributed by atoms with van der Waals surface area (Å²) in [6, 6.07) is 11.6. The predicted molar refractivity (Wildman–Crippen MR) is 80.6 cm³/mol. The predicted octanol–water partition coefficient (Wildman–Crippen LogP) is 2.61. The number of hydrazone groups is 1. The molecule has 1 unspecified atom stereocenters. The maximum Gasteiger partial charge on any atom is 0.151 e. The first-order valence-electron chi connectivity index (χ1n) is 6.17. The Balaban J connectivity index is 2.18. The lowest BCUT2D eigenvalue weighted by molar-refractivity contribution is -0.113. The number of nitrogens with one attached hydrogen (secondary N) is 1. The van der Waals surface area contributed by atoms with E-state index < -0.39 is 5.54 Å². The second-order valence-electron chi connectivity index (χ2n) is 4.81. The highest BCUT2D eigenvalue weighted by molar-refractivity contribution is 9.10. The summed E-state index contributed by atoms with van der Waals surface area (Å²) < 4.78 is 0.749. The molecule has 20 heavy (non-hydrogen) atoms. The van der Waals surface area contributed by atoms with Gasteiger partial charge in [0.2, 0.25) is 0 Å². The molecular formula is C15H12BrN3O. The Kier molecular flexibility index (Phi) is 3.14. The standard InChI is InChI=1S/C15H12BrN3O/c1-15(9-20)12-5-3-2-4-11(12)14(18-19-15)10-6-7-17-13(16)8-10/h2-9,19H,1H3. The van der Waals surface area contributed by atoms with Crippen molar-refractivity contribution in [2.24, 2.45) is 5.10 Å². The molecule has 0 saturated carbocycles. The Labute approximate surface area is 125 Å². The van der Waals surface area contributed by atoms with Gasteiger partial charge in [0.1, 0.15) is 10.1 Å². The van der Waals surface area contributed by atoms with Crippen molar-refractivity contribution >= 4 is 27.9 Å². The third-order valence-corrected chi connectivity index (χ3v) is 3.81. The number of carbonyl (C=O) groups is 1. The van der Waals surface area contributed by atoms with Gasteiger partial charge in [0.05, 0.1) is 5.71 Å². The molecule has 1 aromatic carbocycles. The average Bonchev–Trinajstić information content (AvgIpc) is 2.48. The van der Waals surface area contributed by atoms with Crippen LogP contribution in [0.1, 0.15) is 23.6 Å². The van der Waals surface area contributed by atoms with Gasteiger partial charge in [-0.3, -0.25) is 5.43 Å². The number of aldehydes is 1. The lowest BCUT2D eigenvalue weighted by Crippen LogP contribution is -2.43.